The highest BCUT2D eigenvalue weighted by Crippen LogP contribution is 2.26. The van der Waals surface area contributed by atoms with Gasteiger partial charge in [-0.25, -0.2) is 13.6 Å². The van der Waals surface area contributed by atoms with Crippen molar-refractivity contribution in [3.8, 4) is 0 Å². The van der Waals surface area contributed by atoms with Gasteiger partial charge in [-0.2, -0.15) is 0 Å². The summed E-state index contributed by atoms with van der Waals surface area (Å²) in [6, 6.07) is 3.57. The van der Waals surface area contributed by atoms with Crippen LogP contribution in [0, 0.1) is 5.92 Å². The Labute approximate surface area is 114 Å². The van der Waals surface area contributed by atoms with E-state index in [1.807, 2.05) is 0 Å². The monoisotopic (exact) mass is 286 g/mol. The van der Waals surface area contributed by atoms with Crippen LogP contribution in [0.4, 0.5) is 0 Å². The third-order valence-corrected chi connectivity index (χ3v) is 4.69. The zero-order chi connectivity index (χ0) is 13.9. The van der Waals surface area contributed by atoms with Crippen molar-refractivity contribution in [3.63, 3.8) is 0 Å². The first-order valence-electron chi connectivity index (χ1n) is 6.84. The minimum atomic E-state index is -3.73. The summed E-state index contributed by atoms with van der Waals surface area (Å²) in [5.74, 6) is 1.48. The van der Waals surface area contributed by atoms with Crippen molar-refractivity contribution in [2.75, 3.05) is 0 Å². The van der Waals surface area contributed by atoms with E-state index in [2.05, 4.69) is 12.2 Å². The molecule has 5 nitrogen and oxygen atoms in total. The highest BCUT2D eigenvalue weighted by molar-refractivity contribution is 7.89. The second kappa shape index (κ2) is 6.07. The fraction of sp³-hybridized carbons (Fsp3) is 0.692. The van der Waals surface area contributed by atoms with Gasteiger partial charge >= 0.3 is 0 Å². The predicted octanol–water partition coefficient (Wildman–Crippen LogP) is 1.99. The number of hydrogen-bond acceptors (Lipinski definition) is 4. The van der Waals surface area contributed by atoms with Gasteiger partial charge in [0.25, 0.3) is 10.0 Å². The van der Waals surface area contributed by atoms with E-state index in [0.29, 0.717) is 18.3 Å². The Balaban J connectivity index is 1.82. The fourth-order valence-electron chi connectivity index (χ4n) is 2.63. The van der Waals surface area contributed by atoms with Gasteiger partial charge in [0.05, 0.1) is 6.54 Å². The Morgan fingerprint density at radius 1 is 1.32 bits per heavy atom. The lowest BCUT2D eigenvalue weighted by molar-refractivity contribution is 0.277. The second-order valence-electron chi connectivity index (χ2n) is 5.27. The molecular formula is C13H22N2O3S. The average molecular weight is 286 g/mol. The summed E-state index contributed by atoms with van der Waals surface area (Å²) < 4.78 is 27.4. The molecule has 0 spiro atoms. The van der Waals surface area contributed by atoms with Crippen molar-refractivity contribution < 1.29 is 12.8 Å². The lowest BCUT2D eigenvalue weighted by Gasteiger charge is -2.28. The van der Waals surface area contributed by atoms with E-state index in [0.717, 1.165) is 5.92 Å². The molecular weight excluding hydrogens is 264 g/mol. The SMILES string of the molecule is CCC1CCC(NCc2ccc(S(N)(=O)=O)o2)CC1. The maximum absolute atomic E-state index is 11.1. The molecule has 0 unspecified atom stereocenters. The Bertz CT molecular complexity index is 502. The summed E-state index contributed by atoms with van der Waals surface area (Å²) in [6.45, 7) is 2.80. The minimum Gasteiger partial charge on any atom is -0.447 e. The number of sulfonamides is 1. The molecule has 19 heavy (non-hydrogen) atoms. The number of rotatable bonds is 5. The van der Waals surface area contributed by atoms with E-state index in [1.54, 1.807) is 6.07 Å². The molecule has 0 amide bonds. The molecule has 0 bridgehead atoms. The van der Waals surface area contributed by atoms with Crippen molar-refractivity contribution in [2.45, 2.75) is 56.7 Å². The third kappa shape index (κ3) is 4.06. The van der Waals surface area contributed by atoms with E-state index >= 15 is 0 Å². The quantitative estimate of drug-likeness (QED) is 0.866. The van der Waals surface area contributed by atoms with Crippen molar-refractivity contribution in [3.05, 3.63) is 17.9 Å². The smallest absolute Gasteiger partial charge is 0.271 e. The van der Waals surface area contributed by atoms with Gasteiger partial charge in [0, 0.05) is 6.04 Å². The van der Waals surface area contributed by atoms with Gasteiger partial charge in [0.1, 0.15) is 5.76 Å². The standard InChI is InChI=1S/C13H22N2O3S/c1-2-10-3-5-11(6-4-10)15-9-12-7-8-13(18-12)19(14,16)17/h7-8,10-11,15H,2-6,9H2,1H3,(H2,14,16,17). The van der Waals surface area contributed by atoms with Crippen molar-refractivity contribution in [1.29, 1.82) is 0 Å². The summed E-state index contributed by atoms with van der Waals surface area (Å²) in [5, 5.41) is 8.25. The third-order valence-electron chi connectivity index (χ3n) is 3.91. The van der Waals surface area contributed by atoms with Gasteiger partial charge in [-0.05, 0) is 43.7 Å². The Morgan fingerprint density at radius 2 is 2.00 bits per heavy atom. The Morgan fingerprint density at radius 3 is 2.53 bits per heavy atom. The van der Waals surface area contributed by atoms with Crippen LogP contribution in [-0.4, -0.2) is 14.5 Å². The van der Waals surface area contributed by atoms with Crippen LogP contribution in [-0.2, 0) is 16.6 Å². The average Bonchev–Trinajstić information content (AvgIpc) is 2.86. The number of furan rings is 1. The molecule has 6 heteroatoms. The predicted molar refractivity (Wildman–Crippen MR) is 73.0 cm³/mol. The van der Waals surface area contributed by atoms with Crippen LogP contribution in [0.1, 0.15) is 44.8 Å². The zero-order valence-corrected chi connectivity index (χ0v) is 12.1. The van der Waals surface area contributed by atoms with E-state index in [-0.39, 0.29) is 5.09 Å². The summed E-state index contributed by atoms with van der Waals surface area (Å²) in [6.07, 6.45) is 6.18. The number of nitrogens with two attached hydrogens (primary N) is 1. The lowest BCUT2D eigenvalue weighted by Crippen LogP contribution is -2.32. The summed E-state index contributed by atoms with van der Waals surface area (Å²) in [4.78, 5) is 0. The van der Waals surface area contributed by atoms with Crippen LogP contribution in [0.25, 0.3) is 0 Å². The zero-order valence-electron chi connectivity index (χ0n) is 11.3. The van der Waals surface area contributed by atoms with Crippen LogP contribution in [0.3, 0.4) is 0 Å². The van der Waals surface area contributed by atoms with Gasteiger partial charge < -0.3 is 9.73 Å². The van der Waals surface area contributed by atoms with Crippen LogP contribution in [0.15, 0.2) is 21.6 Å². The van der Waals surface area contributed by atoms with Crippen LogP contribution in [0.2, 0.25) is 0 Å². The number of primary sulfonamides is 1. The number of hydrogen-bond donors (Lipinski definition) is 2. The molecule has 108 valence electrons. The molecule has 1 aliphatic rings. The highest BCUT2D eigenvalue weighted by Gasteiger charge is 2.20. The maximum Gasteiger partial charge on any atom is 0.271 e. The lowest BCUT2D eigenvalue weighted by atomic mass is 9.84. The molecule has 1 saturated carbocycles. The molecule has 0 radical (unpaired) electrons. The molecule has 0 atom stereocenters. The van der Waals surface area contributed by atoms with Crippen LogP contribution in [0.5, 0.6) is 0 Å². The highest BCUT2D eigenvalue weighted by atomic mass is 32.2. The fourth-order valence-corrected chi connectivity index (χ4v) is 3.11. The molecule has 1 fully saturated rings. The Kier molecular flexibility index (Phi) is 4.65. The van der Waals surface area contributed by atoms with E-state index in [1.165, 1.54) is 38.2 Å². The van der Waals surface area contributed by atoms with E-state index in [4.69, 9.17) is 9.56 Å². The first kappa shape index (κ1) is 14.6. The molecule has 0 aromatic carbocycles. The van der Waals surface area contributed by atoms with Crippen molar-refractivity contribution in [2.24, 2.45) is 11.1 Å². The topological polar surface area (TPSA) is 85.3 Å². The summed E-state index contributed by atoms with van der Waals surface area (Å²) >= 11 is 0. The molecule has 0 aliphatic heterocycles. The first-order valence-corrected chi connectivity index (χ1v) is 8.38. The largest absolute Gasteiger partial charge is 0.447 e. The van der Waals surface area contributed by atoms with Gasteiger partial charge in [0.2, 0.25) is 5.09 Å². The normalized spacial score (nSPS) is 24.5. The molecule has 0 saturated heterocycles. The molecule has 1 aromatic rings. The van der Waals surface area contributed by atoms with Crippen molar-refractivity contribution >= 4 is 10.0 Å². The van der Waals surface area contributed by atoms with Crippen LogP contribution < -0.4 is 10.5 Å². The van der Waals surface area contributed by atoms with Gasteiger partial charge in [-0.15, -0.1) is 0 Å². The molecule has 2 rings (SSSR count). The molecule has 3 N–H and O–H groups in total. The summed E-state index contributed by atoms with van der Waals surface area (Å²) in [5.41, 5.74) is 0. The Hall–Kier alpha value is -0.850. The van der Waals surface area contributed by atoms with E-state index in [9.17, 15) is 8.42 Å². The first-order chi connectivity index (χ1) is 8.99. The molecule has 1 aliphatic carbocycles. The minimum absolute atomic E-state index is 0.168. The molecule has 1 aromatic heterocycles. The van der Waals surface area contributed by atoms with E-state index < -0.39 is 10.0 Å². The van der Waals surface area contributed by atoms with Gasteiger partial charge in [0.15, 0.2) is 0 Å². The van der Waals surface area contributed by atoms with Crippen LogP contribution >= 0.6 is 0 Å². The van der Waals surface area contributed by atoms with Gasteiger partial charge in [-0.1, -0.05) is 13.3 Å². The van der Waals surface area contributed by atoms with Crippen molar-refractivity contribution in [1.82, 2.24) is 5.32 Å². The van der Waals surface area contributed by atoms with Gasteiger partial charge in [-0.3, -0.25) is 0 Å². The number of nitrogens with one attached hydrogen (secondary N) is 1. The second-order valence-corrected chi connectivity index (χ2v) is 6.76. The maximum atomic E-state index is 11.1. The summed E-state index contributed by atoms with van der Waals surface area (Å²) in [7, 11) is -3.73. The molecule has 1 heterocycles.